The Morgan fingerprint density at radius 1 is 1.32 bits per heavy atom. The van der Waals surface area contributed by atoms with Gasteiger partial charge in [-0.1, -0.05) is 11.6 Å². The van der Waals surface area contributed by atoms with Crippen LogP contribution in [0, 0.1) is 0 Å². The van der Waals surface area contributed by atoms with Gasteiger partial charge in [0.05, 0.1) is 18.1 Å². The molecule has 1 aromatic carbocycles. The first kappa shape index (κ1) is 22.0. The second-order valence-corrected chi connectivity index (χ2v) is 8.10. The van der Waals surface area contributed by atoms with Crippen molar-refractivity contribution in [2.75, 3.05) is 5.32 Å². The highest BCUT2D eigenvalue weighted by Gasteiger charge is 2.29. The maximum Gasteiger partial charge on any atom is 0.387 e. The molecule has 5 rings (SSSR count). The number of ketones is 1. The lowest BCUT2D eigenvalue weighted by molar-refractivity contribution is -0.120. The molecule has 3 heterocycles. The van der Waals surface area contributed by atoms with Crippen LogP contribution < -0.4 is 10.1 Å². The fourth-order valence-corrected chi connectivity index (χ4v) is 4.15. The highest BCUT2D eigenvalue weighted by Crippen LogP contribution is 2.38. The molecule has 4 aromatic rings. The Balaban J connectivity index is 1.59. The number of nitrogens with one attached hydrogen (secondary N) is 1. The average Bonchev–Trinajstić information content (AvgIpc) is 3.52. The van der Waals surface area contributed by atoms with E-state index in [0.29, 0.717) is 24.9 Å². The molecule has 0 radical (unpaired) electrons. The average molecular weight is 487 g/mol. The van der Waals surface area contributed by atoms with E-state index in [0.717, 1.165) is 0 Å². The lowest BCUT2D eigenvalue weighted by atomic mass is 10.1. The van der Waals surface area contributed by atoms with Crippen molar-refractivity contribution in [3.8, 4) is 17.0 Å². The van der Waals surface area contributed by atoms with Crippen LogP contribution in [-0.2, 0) is 4.79 Å². The maximum absolute atomic E-state index is 13.1. The van der Waals surface area contributed by atoms with E-state index in [1.54, 1.807) is 12.3 Å². The maximum atomic E-state index is 13.1. The third-order valence-corrected chi connectivity index (χ3v) is 5.74. The molecule has 0 unspecified atom stereocenters. The minimum Gasteiger partial charge on any atom is -0.434 e. The van der Waals surface area contributed by atoms with Crippen molar-refractivity contribution in [2.24, 2.45) is 0 Å². The van der Waals surface area contributed by atoms with Gasteiger partial charge < -0.3 is 10.1 Å². The monoisotopic (exact) mass is 486 g/mol. The normalized spacial score (nSPS) is 15.9. The van der Waals surface area contributed by atoms with Gasteiger partial charge >= 0.3 is 6.61 Å². The van der Waals surface area contributed by atoms with Crippen molar-refractivity contribution in [2.45, 2.75) is 31.9 Å². The first-order valence-electron chi connectivity index (χ1n) is 10.4. The van der Waals surface area contributed by atoms with Crippen LogP contribution in [0.25, 0.3) is 16.9 Å². The molecule has 1 amide bonds. The molecular formula is C22H17ClF2N6O3. The Morgan fingerprint density at radius 2 is 2.18 bits per heavy atom. The van der Waals surface area contributed by atoms with Crippen LogP contribution >= 0.6 is 11.6 Å². The number of benzene rings is 1. The Kier molecular flexibility index (Phi) is 5.70. The van der Waals surface area contributed by atoms with Crippen LogP contribution in [0.5, 0.6) is 5.75 Å². The summed E-state index contributed by atoms with van der Waals surface area (Å²) in [5, 5.41) is 11.6. The summed E-state index contributed by atoms with van der Waals surface area (Å²) in [6.07, 6.45) is 7.77. The smallest absolute Gasteiger partial charge is 0.387 e. The van der Waals surface area contributed by atoms with Crippen LogP contribution in [0.2, 0.25) is 5.02 Å². The number of carbonyl (C=O) groups excluding carboxylic acids is 2. The van der Waals surface area contributed by atoms with Crippen molar-refractivity contribution >= 4 is 34.6 Å². The molecule has 0 saturated heterocycles. The highest BCUT2D eigenvalue weighted by molar-refractivity contribution is 6.31. The third-order valence-electron chi connectivity index (χ3n) is 5.51. The van der Waals surface area contributed by atoms with Gasteiger partial charge in [-0.3, -0.25) is 14.3 Å². The fraction of sp³-hybridized carbons (Fsp3) is 0.227. The zero-order chi connectivity index (χ0) is 23.8. The summed E-state index contributed by atoms with van der Waals surface area (Å²) in [6, 6.07) is 5.27. The van der Waals surface area contributed by atoms with E-state index < -0.39 is 18.6 Å². The van der Waals surface area contributed by atoms with E-state index in [2.05, 4.69) is 25.2 Å². The van der Waals surface area contributed by atoms with Gasteiger partial charge in [-0.2, -0.15) is 19.0 Å². The standard InChI is InChI=1S/C22H17ClF2N6O3/c23-12-5-6-18(34-22(24)25)13(9-12)19-15(11-31(29-19)16-3-1-4-17(16)32)28-21(33)14-10-27-30-8-2-7-26-20(14)30/h2,5-11,16,22H,1,3-4H2,(H,28,33)/t16-/m0/s1. The number of Topliss-reactive ketones (excluding diaryl/α,β-unsaturated/α-hetero) is 1. The van der Waals surface area contributed by atoms with Gasteiger partial charge in [0, 0.05) is 29.4 Å². The van der Waals surface area contributed by atoms with Gasteiger partial charge in [-0.05, 0) is 37.1 Å². The molecule has 1 aliphatic carbocycles. The molecular weight excluding hydrogens is 470 g/mol. The number of hydrogen-bond donors (Lipinski definition) is 1. The molecule has 1 aliphatic rings. The van der Waals surface area contributed by atoms with Crippen molar-refractivity contribution in [1.29, 1.82) is 0 Å². The first-order valence-corrected chi connectivity index (χ1v) is 10.7. The molecule has 0 aliphatic heterocycles. The predicted molar refractivity (Wildman–Crippen MR) is 118 cm³/mol. The quantitative estimate of drug-likeness (QED) is 0.433. The molecule has 174 valence electrons. The molecule has 0 spiro atoms. The summed E-state index contributed by atoms with van der Waals surface area (Å²) in [5.74, 6) is -0.699. The summed E-state index contributed by atoms with van der Waals surface area (Å²) in [6.45, 7) is -3.08. The van der Waals surface area contributed by atoms with Crippen molar-refractivity contribution in [3.05, 3.63) is 59.6 Å². The lowest BCUT2D eigenvalue weighted by Gasteiger charge is -2.11. The minimum atomic E-state index is -3.08. The molecule has 1 atom stereocenters. The first-order chi connectivity index (χ1) is 16.4. The van der Waals surface area contributed by atoms with E-state index >= 15 is 0 Å². The number of carbonyl (C=O) groups is 2. The predicted octanol–water partition coefficient (Wildman–Crippen LogP) is 4.39. The number of ether oxygens (including phenoxy) is 1. The van der Waals surface area contributed by atoms with E-state index in [-0.39, 0.29) is 39.1 Å². The molecule has 1 saturated carbocycles. The van der Waals surface area contributed by atoms with Crippen molar-refractivity contribution in [1.82, 2.24) is 24.4 Å². The molecule has 0 bridgehead atoms. The molecule has 3 aromatic heterocycles. The van der Waals surface area contributed by atoms with Gasteiger partial charge in [0.2, 0.25) is 0 Å². The summed E-state index contributed by atoms with van der Waals surface area (Å²) in [4.78, 5) is 29.6. The molecule has 12 heteroatoms. The summed E-state index contributed by atoms with van der Waals surface area (Å²) in [7, 11) is 0. The molecule has 34 heavy (non-hydrogen) atoms. The number of alkyl halides is 2. The van der Waals surface area contributed by atoms with Gasteiger partial charge in [0.15, 0.2) is 11.4 Å². The van der Waals surface area contributed by atoms with Crippen LogP contribution in [0.4, 0.5) is 14.5 Å². The van der Waals surface area contributed by atoms with E-state index in [1.165, 1.54) is 46.0 Å². The zero-order valence-electron chi connectivity index (χ0n) is 17.5. The van der Waals surface area contributed by atoms with Crippen LogP contribution in [-0.4, -0.2) is 42.7 Å². The second kappa shape index (κ2) is 8.82. The molecule has 9 nitrogen and oxygen atoms in total. The summed E-state index contributed by atoms with van der Waals surface area (Å²) < 4.78 is 33.7. The Hall–Kier alpha value is -3.86. The van der Waals surface area contributed by atoms with E-state index in [9.17, 15) is 18.4 Å². The minimum absolute atomic E-state index is 0.00824. The Morgan fingerprint density at radius 3 is 2.94 bits per heavy atom. The number of fused-ring (bicyclic) bond motifs is 1. The summed E-state index contributed by atoms with van der Waals surface area (Å²) >= 11 is 6.13. The molecule has 1 fully saturated rings. The number of amides is 1. The van der Waals surface area contributed by atoms with E-state index in [4.69, 9.17) is 11.6 Å². The number of halogens is 3. The van der Waals surface area contributed by atoms with E-state index in [1.807, 2.05) is 0 Å². The number of hydrogen-bond acceptors (Lipinski definition) is 6. The van der Waals surface area contributed by atoms with Gasteiger partial charge in [0.25, 0.3) is 5.91 Å². The van der Waals surface area contributed by atoms with Crippen LogP contribution in [0.1, 0.15) is 35.7 Å². The summed E-state index contributed by atoms with van der Waals surface area (Å²) in [5.41, 5.74) is 1.01. The largest absolute Gasteiger partial charge is 0.434 e. The lowest BCUT2D eigenvalue weighted by Crippen LogP contribution is -2.14. The topological polar surface area (TPSA) is 103 Å². The Labute approximate surface area is 196 Å². The Bertz CT molecular complexity index is 1400. The van der Waals surface area contributed by atoms with Crippen molar-refractivity contribution in [3.63, 3.8) is 0 Å². The number of nitrogens with zero attached hydrogens (tertiary/aromatic N) is 5. The van der Waals surface area contributed by atoms with Gasteiger partial charge in [-0.15, -0.1) is 0 Å². The molecule has 1 N–H and O–H groups in total. The third kappa shape index (κ3) is 4.10. The zero-order valence-corrected chi connectivity index (χ0v) is 18.2. The number of rotatable bonds is 6. The fourth-order valence-electron chi connectivity index (χ4n) is 3.98. The number of aromatic nitrogens is 5. The van der Waals surface area contributed by atoms with Crippen LogP contribution in [0.3, 0.4) is 0 Å². The highest BCUT2D eigenvalue weighted by atomic mass is 35.5. The van der Waals surface area contributed by atoms with Gasteiger partial charge in [-0.25, -0.2) is 9.50 Å². The van der Waals surface area contributed by atoms with Gasteiger partial charge in [0.1, 0.15) is 23.0 Å². The second-order valence-electron chi connectivity index (χ2n) is 7.66. The SMILES string of the molecule is O=C(Nc1cn([C@H]2CCCC2=O)nc1-c1cc(Cl)ccc1OC(F)F)c1cnn2cccnc12. The van der Waals surface area contributed by atoms with Crippen LogP contribution in [0.15, 0.2) is 49.1 Å². The number of anilines is 1. The van der Waals surface area contributed by atoms with Crippen molar-refractivity contribution < 1.29 is 23.1 Å².